The number of piperidine rings is 1. The normalized spacial score (nSPS) is 16.3. The third kappa shape index (κ3) is 4.86. The number of amides is 1. The maximum absolute atomic E-state index is 12.1. The predicted octanol–water partition coefficient (Wildman–Crippen LogP) is 1.10. The molecule has 1 aromatic heterocycles. The number of nitrogens with zero attached hydrogens (tertiary/aromatic N) is 1. The van der Waals surface area contributed by atoms with Crippen LogP contribution in [0, 0.1) is 0 Å². The van der Waals surface area contributed by atoms with Crippen molar-refractivity contribution >= 4 is 26.9 Å². The zero-order chi connectivity index (χ0) is 19.4. The molecular formula is C18H22N2O6S. The van der Waals surface area contributed by atoms with Gasteiger partial charge in [-0.1, -0.05) is 0 Å². The van der Waals surface area contributed by atoms with E-state index < -0.39 is 15.6 Å². The predicted molar refractivity (Wildman–Crippen MR) is 100 cm³/mol. The van der Waals surface area contributed by atoms with Crippen LogP contribution in [0.5, 0.6) is 5.75 Å². The van der Waals surface area contributed by atoms with Gasteiger partial charge in [0.2, 0.25) is 10.0 Å². The van der Waals surface area contributed by atoms with E-state index in [0.29, 0.717) is 37.3 Å². The molecule has 0 bridgehead atoms. The van der Waals surface area contributed by atoms with E-state index in [0.717, 1.165) is 5.39 Å². The minimum atomic E-state index is -3.18. The Morgan fingerprint density at radius 3 is 2.67 bits per heavy atom. The summed E-state index contributed by atoms with van der Waals surface area (Å²) in [6.07, 6.45) is 1.15. The van der Waals surface area contributed by atoms with Crippen LogP contribution in [0.4, 0.5) is 0 Å². The van der Waals surface area contributed by atoms with E-state index in [1.54, 1.807) is 31.2 Å². The van der Waals surface area contributed by atoms with Crippen LogP contribution in [-0.2, 0) is 14.8 Å². The molecule has 1 aromatic carbocycles. The van der Waals surface area contributed by atoms with Crippen molar-refractivity contribution in [3.8, 4) is 5.75 Å². The van der Waals surface area contributed by atoms with Gasteiger partial charge in [-0.15, -0.1) is 0 Å². The van der Waals surface area contributed by atoms with Gasteiger partial charge in [-0.25, -0.2) is 17.5 Å². The summed E-state index contributed by atoms with van der Waals surface area (Å²) in [5.41, 5.74) is -0.0567. The molecule has 1 aliphatic rings. The molecule has 0 atom stereocenters. The van der Waals surface area contributed by atoms with Crippen molar-refractivity contribution in [1.29, 1.82) is 0 Å². The summed E-state index contributed by atoms with van der Waals surface area (Å²) in [7, 11) is -3.18. The van der Waals surface area contributed by atoms with Crippen molar-refractivity contribution in [2.45, 2.75) is 25.8 Å². The summed E-state index contributed by atoms with van der Waals surface area (Å²) in [6.45, 7) is 2.27. The van der Waals surface area contributed by atoms with E-state index in [4.69, 9.17) is 9.15 Å². The molecule has 9 heteroatoms. The van der Waals surface area contributed by atoms with Gasteiger partial charge < -0.3 is 14.5 Å². The highest BCUT2D eigenvalue weighted by molar-refractivity contribution is 7.89. The molecule has 0 radical (unpaired) electrons. The van der Waals surface area contributed by atoms with Gasteiger partial charge in [0.05, 0.1) is 5.75 Å². The Kier molecular flexibility index (Phi) is 5.81. The van der Waals surface area contributed by atoms with Gasteiger partial charge in [-0.3, -0.25) is 4.79 Å². The van der Waals surface area contributed by atoms with Crippen LogP contribution in [0.15, 0.2) is 39.5 Å². The second kappa shape index (κ2) is 8.10. The smallest absolute Gasteiger partial charge is 0.336 e. The van der Waals surface area contributed by atoms with Crippen molar-refractivity contribution < 1.29 is 22.4 Å². The van der Waals surface area contributed by atoms with Gasteiger partial charge in [0.15, 0.2) is 6.61 Å². The molecule has 0 unspecified atom stereocenters. The topological polar surface area (TPSA) is 106 Å². The van der Waals surface area contributed by atoms with Gasteiger partial charge in [-0.05, 0) is 38.0 Å². The number of rotatable bonds is 6. The van der Waals surface area contributed by atoms with Crippen molar-refractivity contribution in [3.05, 3.63) is 40.8 Å². The average Bonchev–Trinajstić information content (AvgIpc) is 2.66. The van der Waals surface area contributed by atoms with Crippen molar-refractivity contribution in [1.82, 2.24) is 9.62 Å². The average molecular weight is 394 g/mol. The Labute approximate surface area is 157 Å². The van der Waals surface area contributed by atoms with E-state index in [2.05, 4.69) is 5.32 Å². The zero-order valence-electron chi connectivity index (χ0n) is 15.0. The highest BCUT2D eigenvalue weighted by Crippen LogP contribution is 2.19. The number of benzene rings is 1. The standard InChI is InChI=1S/C18H22N2O6S/c1-2-27(23,24)20-9-7-14(8-10-20)19-17(21)12-25-15-5-3-13-4-6-18(22)26-16(13)11-15/h3-6,11,14H,2,7-10,12H2,1H3,(H,19,21). The highest BCUT2D eigenvalue weighted by Gasteiger charge is 2.27. The summed E-state index contributed by atoms with van der Waals surface area (Å²) in [5, 5.41) is 3.63. The van der Waals surface area contributed by atoms with E-state index in [9.17, 15) is 18.0 Å². The van der Waals surface area contributed by atoms with E-state index >= 15 is 0 Å². The highest BCUT2D eigenvalue weighted by atomic mass is 32.2. The van der Waals surface area contributed by atoms with Crippen LogP contribution in [-0.4, -0.2) is 50.1 Å². The molecule has 0 saturated carbocycles. The largest absolute Gasteiger partial charge is 0.484 e. The van der Waals surface area contributed by atoms with Gasteiger partial charge in [0.1, 0.15) is 11.3 Å². The molecule has 0 spiro atoms. The van der Waals surface area contributed by atoms with E-state index in [1.807, 2.05) is 0 Å². The fourth-order valence-corrected chi connectivity index (χ4v) is 4.14. The SMILES string of the molecule is CCS(=O)(=O)N1CCC(NC(=O)COc2ccc3ccc(=O)oc3c2)CC1. The number of hydrogen-bond acceptors (Lipinski definition) is 6. The summed E-state index contributed by atoms with van der Waals surface area (Å²) >= 11 is 0. The molecule has 1 N–H and O–H groups in total. The van der Waals surface area contributed by atoms with Gasteiger partial charge in [-0.2, -0.15) is 0 Å². The Morgan fingerprint density at radius 1 is 1.26 bits per heavy atom. The molecule has 1 amide bonds. The van der Waals surface area contributed by atoms with Crippen LogP contribution >= 0.6 is 0 Å². The summed E-state index contributed by atoms with van der Waals surface area (Å²) in [5.74, 6) is 0.237. The Morgan fingerprint density at radius 2 is 1.96 bits per heavy atom. The molecule has 146 valence electrons. The van der Waals surface area contributed by atoms with Gasteiger partial charge in [0.25, 0.3) is 5.91 Å². The monoisotopic (exact) mass is 394 g/mol. The molecule has 1 saturated heterocycles. The number of sulfonamides is 1. The third-order valence-corrected chi connectivity index (χ3v) is 6.42. The fourth-order valence-electron chi connectivity index (χ4n) is 3.01. The van der Waals surface area contributed by atoms with Crippen LogP contribution in [0.25, 0.3) is 11.0 Å². The first kappa shape index (κ1) is 19.4. The maximum atomic E-state index is 12.1. The summed E-state index contributed by atoms with van der Waals surface area (Å²) in [4.78, 5) is 23.4. The van der Waals surface area contributed by atoms with E-state index in [-0.39, 0.29) is 24.3 Å². The van der Waals surface area contributed by atoms with Crippen LogP contribution < -0.4 is 15.7 Å². The summed E-state index contributed by atoms with van der Waals surface area (Å²) in [6, 6.07) is 7.94. The lowest BCUT2D eigenvalue weighted by atomic mass is 10.1. The fraction of sp³-hybridized carbons (Fsp3) is 0.444. The quantitative estimate of drug-likeness (QED) is 0.736. The molecule has 27 heavy (non-hydrogen) atoms. The molecule has 3 rings (SSSR count). The first-order valence-electron chi connectivity index (χ1n) is 8.81. The second-order valence-electron chi connectivity index (χ2n) is 6.38. The lowest BCUT2D eigenvalue weighted by Crippen LogP contribution is -2.47. The molecule has 1 fully saturated rings. The Balaban J connectivity index is 1.50. The Bertz CT molecular complexity index is 977. The number of nitrogens with one attached hydrogen (secondary N) is 1. The second-order valence-corrected chi connectivity index (χ2v) is 8.64. The van der Waals surface area contributed by atoms with Crippen molar-refractivity contribution in [2.75, 3.05) is 25.4 Å². The van der Waals surface area contributed by atoms with Crippen molar-refractivity contribution in [3.63, 3.8) is 0 Å². The molecule has 8 nitrogen and oxygen atoms in total. The molecule has 2 aromatic rings. The minimum absolute atomic E-state index is 0.0703. The molecule has 2 heterocycles. The van der Waals surface area contributed by atoms with Crippen LogP contribution in [0.3, 0.4) is 0 Å². The number of ether oxygens (including phenoxy) is 1. The maximum Gasteiger partial charge on any atom is 0.336 e. The number of fused-ring (bicyclic) bond motifs is 1. The lowest BCUT2D eigenvalue weighted by Gasteiger charge is -2.31. The molecule has 1 aliphatic heterocycles. The summed E-state index contributed by atoms with van der Waals surface area (Å²) < 4.78 is 35.7. The van der Waals surface area contributed by atoms with Crippen LogP contribution in [0.1, 0.15) is 19.8 Å². The molecular weight excluding hydrogens is 372 g/mol. The lowest BCUT2D eigenvalue weighted by molar-refractivity contribution is -0.124. The van der Waals surface area contributed by atoms with Gasteiger partial charge in [0, 0.05) is 36.7 Å². The van der Waals surface area contributed by atoms with Gasteiger partial charge >= 0.3 is 5.63 Å². The minimum Gasteiger partial charge on any atom is -0.484 e. The molecule has 0 aliphatic carbocycles. The zero-order valence-corrected chi connectivity index (χ0v) is 15.8. The first-order valence-corrected chi connectivity index (χ1v) is 10.4. The first-order chi connectivity index (χ1) is 12.9. The third-order valence-electron chi connectivity index (χ3n) is 4.54. The van der Waals surface area contributed by atoms with E-state index in [1.165, 1.54) is 10.4 Å². The number of hydrogen-bond donors (Lipinski definition) is 1. The Hall–Kier alpha value is -2.39. The number of carbonyl (C=O) groups excluding carboxylic acids is 1. The van der Waals surface area contributed by atoms with Crippen molar-refractivity contribution in [2.24, 2.45) is 0 Å². The van der Waals surface area contributed by atoms with Crippen LogP contribution in [0.2, 0.25) is 0 Å². The number of carbonyl (C=O) groups is 1.